The van der Waals surface area contributed by atoms with E-state index in [4.69, 9.17) is 10.4 Å². The van der Waals surface area contributed by atoms with Crippen LogP contribution in [0.5, 0.6) is 0 Å². The van der Waals surface area contributed by atoms with Gasteiger partial charge in [0.05, 0.1) is 29.7 Å². The van der Waals surface area contributed by atoms with Crippen LogP contribution in [-0.2, 0) is 17.6 Å². The van der Waals surface area contributed by atoms with Gasteiger partial charge in [0, 0.05) is 24.2 Å². The molecule has 0 spiro atoms. The van der Waals surface area contributed by atoms with Gasteiger partial charge in [-0.15, -0.1) is 0 Å². The van der Waals surface area contributed by atoms with Crippen LogP contribution >= 0.6 is 0 Å². The average Bonchev–Trinajstić information content (AvgIpc) is 2.78. The van der Waals surface area contributed by atoms with Gasteiger partial charge in [0.1, 0.15) is 5.69 Å². The maximum atomic E-state index is 14.4. The molecule has 1 N–H and O–H groups in total. The van der Waals surface area contributed by atoms with Gasteiger partial charge in [-0.3, -0.25) is 4.79 Å². The predicted molar refractivity (Wildman–Crippen MR) is 107 cm³/mol. The molecule has 1 fully saturated rings. The second-order valence-electron chi connectivity index (χ2n) is 7.83. The molecule has 0 unspecified atom stereocenters. The number of piperidine rings is 1. The zero-order chi connectivity index (χ0) is 24.3. The largest absolute Gasteiger partial charge is 0.481 e. The van der Waals surface area contributed by atoms with E-state index in [1.165, 1.54) is 4.90 Å². The summed E-state index contributed by atoms with van der Waals surface area (Å²) in [6.07, 6.45) is 0.138. The number of carboxylic acid groups (broad SMARTS) is 1. The Kier molecular flexibility index (Phi) is 7.17. The number of nitriles is 2. The highest BCUT2D eigenvalue weighted by Crippen LogP contribution is 2.32. The van der Waals surface area contributed by atoms with Gasteiger partial charge < -0.3 is 10.0 Å². The Hall–Kier alpha value is -3.66. The van der Waals surface area contributed by atoms with Crippen LogP contribution in [0.4, 0.5) is 27.6 Å². The molecular formula is C23H18F5N3O2. The SMILES string of the molecule is N#Cc1cc(F)c(N2CCC(CCc3c(F)c(F)c(F)c(CC(=O)O)c3C#N)CC2)c(F)c1. The summed E-state index contributed by atoms with van der Waals surface area (Å²) < 4.78 is 71.0. The van der Waals surface area contributed by atoms with Crippen LogP contribution in [0.1, 0.15) is 41.5 Å². The van der Waals surface area contributed by atoms with Crippen molar-refractivity contribution in [3.8, 4) is 12.1 Å². The Balaban J connectivity index is 1.73. The molecule has 0 aliphatic carbocycles. The lowest BCUT2D eigenvalue weighted by Gasteiger charge is -2.34. The number of carboxylic acids is 1. The van der Waals surface area contributed by atoms with Crippen molar-refractivity contribution in [2.75, 3.05) is 18.0 Å². The van der Waals surface area contributed by atoms with E-state index in [-0.39, 0.29) is 48.7 Å². The lowest BCUT2D eigenvalue weighted by atomic mass is 9.87. The molecule has 0 atom stereocenters. The Morgan fingerprint density at radius 1 is 0.970 bits per heavy atom. The van der Waals surface area contributed by atoms with Gasteiger partial charge in [0.15, 0.2) is 29.1 Å². The zero-order valence-electron chi connectivity index (χ0n) is 17.3. The molecule has 1 heterocycles. The fourth-order valence-electron chi connectivity index (χ4n) is 4.18. The summed E-state index contributed by atoms with van der Waals surface area (Å²) in [7, 11) is 0. The lowest BCUT2D eigenvalue weighted by Crippen LogP contribution is -2.35. The van der Waals surface area contributed by atoms with Gasteiger partial charge in [-0.2, -0.15) is 10.5 Å². The normalized spacial score (nSPS) is 14.1. The average molecular weight is 463 g/mol. The van der Waals surface area contributed by atoms with E-state index in [9.17, 15) is 32.0 Å². The number of benzene rings is 2. The first kappa shape index (κ1) is 24.0. The van der Waals surface area contributed by atoms with E-state index < -0.39 is 52.6 Å². The third-order valence-electron chi connectivity index (χ3n) is 5.84. The minimum Gasteiger partial charge on any atom is -0.481 e. The number of hydrogen-bond donors (Lipinski definition) is 1. The summed E-state index contributed by atoms with van der Waals surface area (Å²) in [4.78, 5) is 12.5. The van der Waals surface area contributed by atoms with Crippen LogP contribution in [0.25, 0.3) is 0 Å². The minimum atomic E-state index is -1.82. The second-order valence-corrected chi connectivity index (χ2v) is 7.83. The molecule has 33 heavy (non-hydrogen) atoms. The Morgan fingerprint density at radius 2 is 1.55 bits per heavy atom. The Morgan fingerprint density at radius 3 is 2.06 bits per heavy atom. The first-order valence-corrected chi connectivity index (χ1v) is 10.1. The minimum absolute atomic E-state index is 0.0484. The van der Waals surface area contributed by atoms with Crippen molar-refractivity contribution < 1.29 is 31.9 Å². The van der Waals surface area contributed by atoms with Crippen molar-refractivity contribution in [1.29, 1.82) is 10.5 Å². The number of aliphatic carboxylic acids is 1. The van der Waals surface area contributed by atoms with Crippen molar-refractivity contribution in [2.24, 2.45) is 5.92 Å². The van der Waals surface area contributed by atoms with Crippen molar-refractivity contribution >= 4 is 11.7 Å². The summed E-state index contributed by atoms with van der Waals surface area (Å²) >= 11 is 0. The van der Waals surface area contributed by atoms with E-state index in [0.29, 0.717) is 12.8 Å². The molecule has 172 valence electrons. The van der Waals surface area contributed by atoms with Crippen molar-refractivity contribution in [3.05, 3.63) is 63.5 Å². The number of carbonyl (C=O) groups is 1. The fourth-order valence-corrected chi connectivity index (χ4v) is 4.18. The van der Waals surface area contributed by atoms with Gasteiger partial charge in [0.25, 0.3) is 0 Å². The quantitative estimate of drug-likeness (QED) is 0.500. The number of nitrogens with zero attached hydrogens (tertiary/aromatic N) is 3. The topological polar surface area (TPSA) is 88.1 Å². The van der Waals surface area contributed by atoms with Crippen LogP contribution in [0.2, 0.25) is 0 Å². The molecular weight excluding hydrogens is 445 g/mol. The van der Waals surface area contributed by atoms with Gasteiger partial charge in [0.2, 0.25) is 0 Å². The summed E-state index contributed by atoms with van der Waals surface area (Å²) in [5.41, 5.74) is -1.95. The molecule has 5 nitrogen and oxygen atoms in total. The van der Waals surface area contributed by atoms with Crippen LogP contribution in [0, 0.1) is 57.7 Å². The van der Waals surface area contributed by atoms with E-state index in [2.05, 4.69) is 0 Å². The summed E-state index contributed by atoms with van der Waals surface area (Å²) in [5, 5.41) is 27.1. The van der Waals surface area contributed by atoms with Gasteiger partial charge in [-0.25, -0.2) is 22.0 Å². The molecule has 0 bridgehead atoms. The molecule has 1 aliphatic heterocycles. The van der Waals surface area contributed by atoms with Crippen LogP contribution in [-0.4, -0.2) is 24.2 Å². The first-order chi connectivity index (χ1) is 15.7. The standard InChI is InChI=1S/C23H18F5N3O2/c24-17-7-13(10-29)8-18(25)23(17)31-5-3-12(4-6-31)1-2-14-16(11-30)15(9-19(32)33)21(27)22(28)20(14)26/h7-8,12H,1-6,9H2,(H,32,33). The van der Waals surface area contributed by atoms with Crippen LogP contribution in [0.3, 0.4) is 0 Å². The van der Waals surface area contributed by atoms with Gasteiger partial charge in [-0.1, -0.05) is 0 Å². The third kappa shape index (κ3) is 4.90. The molecule has 0 amide bonds. The number of rotatable bonds is 6. The maximum Gasteiger partial charge on any atom is 0.307 e. The molecule has 1 aliphatic rings. The van der Waals surface area contributed by atoms with E-state index in [0.717, 1.165) is 12.1 Å². The molecule has 0 saturated carbocycles. The first-order valence-electron chi connectivity index (χ1n) is 10.1. The number of hydrogen-bond acceptors (Lipinski definition) is 4. The maximum absolute atomic E-state index is 14.4. The zero-order valence-corrected chi connectivity index (χ0v) is 17.3. The molecule has 0 aromatic heterocycles. The monoisotopic (exact) mass is 463 g/mol. The summed E-state index contributed by atoms with van der Waals surface area (Å²) in [6.45, 7) is 0.556. The fraction of sp³-hybridized carbons (Fsp3) is 0.348. The molecule has 2 aromatic rings. The van der Waals surface area contributed by atoms with Crippen molar-refractivity contribution in [2.45, 2.75) is 32.1 Å². The summed E-state index contributed by atoms with van der Waals surface area (Å²) in [6, 6.07) is 5.18. The summed E-state index contributed by atoms with van der Waals surface area (Å²) in [5.74, 6) is -8.25. The predicted octanol–water partition coefficient (Wildman–Crippen LogP) is 4.60. The second kappa shape index (κ2) is 9.86. The van der Waals surface area contributed by atoms with Crippen molar-refractivity contribution in [1.82, 2.24) is 0 Å². The Labute approximate surface area is 186 Å². The Bertz CT molecular complexity index is 1160. The number of halogens is 5. The number of anilines is 1. The van der Waals surface area contributed by atoms with E-state index >= 15 is 0 Å². The van der Waals surface area contributed by atoms with E-state index in [1.807, 2.05) is 0 Å². The van der Waals surface area contributed by atoms with Crippen LogP contribution in [0.15, 0.2) is 12.1 Å². The van der Waals surface area contributed by atoms with Gasteiger partial charge in [-0.05, 0) is 43.7 Å². The third-order valence-corrected chi connectivity index (χ3v) is 5.84. The molecule has 1 saturated heterocycles. The van der Waals surface area contributed by atoms with Gasteiger partial charge >= 0.3 is 5.97 Å². The lowest BCUT2D eigenvalue weighted by molar-refractivity contribution is -0.136. The molecule has 0 radical (unpaired) electrons. The smallest absolute Gasteiger partial charge is 0.307 e. The van der Waals surface area contributed by atoms with Crippen LogP contribution < -0.4 is 4.90 Å². The van der Waals surface area contributed by atoms with Crippen molar-refractivity contribution in [3.63, 3.8) is 0 Å². The highest BCUT2D eigenvalue weighted by molar-refractivity contribution is 5.72. The highest BCUT2D eigenvalue weighted by atomic mass is 19.2. The molecule has 3 rings (SSSR count). The highest BCUT2D eigenvalue weighted by Gasteiger charge is 2.28. The molecule has 2 aromatic carbocycles. The molecule has 10 heteroatoms. The van der Waals surface area contributed by atoms with E-state index in [1.54, 1.807) is 12.1 Å².